The Morgan fingerprint density at radius 3 is 2.36 bits per heavy atom. The van der Waals surface area contributed by atoms with Crippen LogP contribution in [-0.4, -0.2) is 11.1 Å². The van der Waals surface area contributed by atoms with E-state index >= 15 is 0 Å². The second-order valence-corrected chi connectivity index (χ2v) is 7.24. The fraction of sp³-hybridized carbons (Fsp3) is 0.167. The minimum atomic E-state index is -0.862. The van der Waals surface area contributed by atoms with Gasteiger partial charge in [0.15, 0.2) is 0 Å². The van der Waals surface area contributed by atoms with Gasteiger partial charge in [-0.2, -0.15) is 0 Å². The standard InChI is InChI=1S/C18H16O2S2/c1-3-12-5-4-6-13(11(12)2)14-7-8-15(21-14)16-9-10-17(22-16)18(19)20/h4-10H,3H2,1-2H3,(H,19,20). The highest BCUT2D eigenvalue weighted by atomic mass is 32.1. The lowest BCUT2D eigenvalue weighted by atomic mass is 10.00. The van der Waals surface area contributed by atoms with E-state index in [2.05, 4.69) is 44.2 Å². The van der Waals surface area contributed by atoms with Gasteiger partial charge >= 0.3 is 5.97 Å². The third kappa shape index (κ3) is 2.72. The highest BCUT2D eigenvalue weighted by Gasteiger charge is 2.12. The number of thiophene rings is 2. The molecular formula is C18H16O2S2. The van der Waals surface area contributed by atoms with Crippen molar-refractivity contribution in [2.45, 2.75) is 20.3 Å². The number of hydrogen-bond donors (Lipinski definition) is 1. The van der Waals surface area contributed by atoms with Crippen LogP contribution < -0.4 is 0 Å². The van der Waals surface area contributed by atoms with E-state index < -0.39 is 5.97 Å². The number of carboxylic acids is 1. The number of hydrogen-bond acceptors (Lipinski definition) is 3. The number of aryl methyl sites for hydroxylation is 1. The molecule has 2 heterocycles. The van der Waals surface area contributed by atoms with E-state index in [0.717, 1.165) is 16.2 Å². The predicted molar refractivity (Wildman–Crippen MR) is 94.1 cm³/mol. The maximum Gasteiger partial charge on any atom is 0.345 e. The van der Waals surface area contributed by atoms with Crippen molar-refractivity contribution >= 4 is 28.6 Å². The molecule has 0 aliphatic rings. The largest absolute Gasteiger partial charge is 0.477 e. The average Bonchev–Trinajstić information content (AvgIpc) is 3.16. The fourth-order valence-corrected chi connectivity index (χ4v) is 4.56. The van der Waals surface area contributed by atoms with Crippen molar-refractivity contribution < 1.29 is 9.90 Å². The van der Waals surface area contributed by atoms with Crippen molar-refractivity contribution in [1.29, 1.82) is 0 Å². The van der Waals surface area contributed by atoms with Crippen molar-refractivity contribution in [3.8, 4) is 20.2 Å². The maximum absolute atomic E-state index is 11.0. The normalized spacial score (nSPS) is 10.8. The molecule has 0 aliphatic carbocycles. The molecule has 2 nitrogen and oxygen atoms in total. The van der Waals surface area contributed by atoms with Crippen LogP contribution in [0.25, 0.3) is 20.2 Å². The van der Waals surface area contributed by atoms with Crippen LogP contribution in [0.5, 0.6) is 0 Å². The predicted octanol–water partition coefficient (Wildman–Crippen LogP) is 5.71. The molecule has 0 radical (unpaired) electrons. The third-order valence-corrected chi connectivity index (χ3v) is 6.15. The van der Waals surface area contributed by atoms with Gasteiger partial charge in [0.05, 0.1) is 0 Å². The van der Waals surface area contributed by atoms with Crippen LogP contribution >= 0.6 is 22.7 Å². The van der Waals surface area contributed by atoms with Gasteiger partial charge in [-0.15, -0.1) is 22.7 Å². The zero-order valence-corrected chi connectivity index (χ0v) is 14.1. The quantitative estimate of drug-likeness (QED) is 0.666. The second-order valence-electron chi connectivity index (χ2n) is 5.08. The molecule has 0 spiro atoms. The van der Waals surface area contributed by atoms with Crippen LogP contribution in [0, 0.1) is 6.92 Å². The molecule has 1 N–H and O–H groups in total. The molecule has 0 fully saturated rings. The van der Waals surface area contributed by atoms with Crippen LogP contribution in [0.4, 0.5) is 0 Å². The van der Waals surface area contributed by atoms with E-state index in [-0.39, 0.29) is 0 Å². The van der Waals surface area contributed by atoms with E-state index in [9.17, 15) is 4.79 Å². The van der Waals surface area contributed by atoms with Crippen molar-refractivity contribution in [2.24, 2.45) is 0 Å². The zero-order valence-electron chi connectivity index (χ0n) is 12.4. The van der Waals surface area contributed by atoms with Gasteiger partial charge in [-0.05, 0) is 54.3 Å². The lowest BCUT2D eigenvalue weighted by Gasteiger charge is -2.08. The zero-order chi connectivity index (χ0) is 15.7. The van der Waals surface area contributed by atoms with Gasteiger partial charge in [0.2, 0.25) is 0 Å². The van der Waals surface area contributed by atoms with Crippen molar-refractivity contribution in [1.82, 2.24) is 0 Å². The van der Waals surface area contributed by atoms with Crippen LogP contribution in [0.3, 0.4) is 0 Å². The number of aromatic carboxylic acids is 1. The molecule has 3 aromatic rings. The lowest BCUT2D eigenvalue weighted by Crippen LogP contribution is -1.89. The van der Waals surface area contributed by atoms with Crippen molar-refractivity contribution in [3.05, 3.63) is 58.5 Å². The molecule has 0 saturated carbocycles. The van der Waals surface area contributed by atoms with Gasteiger partial charge in [0.25, 0.3) is 0 Å². The first-order valence-corrected chi connectivity index (χ1v) is 8.75. The van der Waals surface area contributed by atoms with E-state index in [1.807, 2.05) is 6.07 Å². The summed E-state index contributed by atoms with van der Waals surface area (Å²) in [6, 6.07) is 14.2. The van der Waals surface area contributed by atoms with E-state index in [4.69, 9.17) is 5.11 Å². The molecule has 0 atom stereocenters. The van der Waals surface area contributed by atoms with Crippen molar-refractivity contribution in [2.75, 3.05) is 0 Å². The minimum absolute atomic E-state index is 0.383. The molecule has 0 bridgehead atoms. The molecule has 1 aromatic carbocycles. The Morgan fingerprint density at radius 1 is 1.00 bits per heavy atom. The smallest absolute Gasteiger partial charge is 0.345 e. The van der Waals surface area contributed by atoms with Gasteiger partial charge in [-0.25, -0.2) is 4.79 Å². The van der Waals surface area contributed by atoms with Gasteiger partial charge in [0.1, 0.15) is 4.88 Å². The second kappa shape index (κ2) is 6.07. The molecule has 2 aromatic heterocycles. The first-order valence-electron chi connectivity index (χ1n) is 7.12. The molecule has 0 saturated heterocycles. The average molecular weight is 328 g/mol. The van der Waals surface area contributed by atoms with Gasteiger partial charge < -0.3 is 5.11 Å². The fourth-order valence-electron chi connectivity index (χ4n) is 2.53. The Morgan fingerprint density at radius 2 is 1.68 bits per heavy atom. The van der Waals surface area contributed by atoms with E-state index in [0.29, 0.717) is 4.88 Å². The molecule has 4 heteroatoms. The summed E-state index contributed by atoms with van der Waals surface area (Å²) >= 11 is 3.04. The van der Waals surface area contributed by atoms with Gasteiger partial charge in [0, 0.05) is 14.6 Å². The summed E-state index contributed by atoms with van der Waals surface area (Å²) in [6.07, 6.45) is 1.03. The van der Waals surface area contributed by atoms with Gasteiger partial charge in [-0.1, -0.05) is 25.1 Å². The first-order chi connectivity index (χ1) is 10.6. The summed E-state index contributed by atoms with van der Waals surface area (Å²) in [5.74, 6) is -0.862. The summed E-state index contributed by atoms with van der Waals surface area (Å²) in [4.78, 5) is 14.7. The Hall–Kier alpha value is -1.91. The molecule has 0 aliphatic heterocycles. The summed E-state index contributed by atoms with van der Waals surface area (Å²) in [5, 5.41) is 9.04. The number of carbonyl (C=O) groups is 1. The SMILES string of the molecule is CCc1cccc(-c2ccc(-c3ccc(C(=O)O)s3)s2)c1C. The Bertz CT molecular complexity index is 827. The minimum Gasteiger partial charge on any atom is -0.477 e. The van der Waals surface area contributed by atoms with Crippen LogP contribution in [0.15, 0.2) is 42.5 Å². The lowest BCUT2D eigenvalue weighted by molar-refractivity contribution is 0.0702. The maximum atomic E-state index is 11.0. The Balaban J connectivity index is 1.98. The number of benzene rings is 1. The molecular weight excluding hydrogens is 312 g/mol. The van der Waals surface area contributed by atoms with Crippen molar-refractivity contribution in [3.63, 3.8) is 0 Å². The molecule has 0 amide bonds. The molecule has 3 rings (SSSR count). The molecule has 22 heavy (non-hydrogen) atoms. The van der Waals surface area contributed by atoms with Gasteiger partial charge in [-0.3, -0.25) is 0 Å². The first kappa shape index (κ1) is 15.0. The van der Waals surface area contributed by atoms with Crippen LogP contribution in [0.2, 0.25) is 0 Å². The third-order valence-electron chi connectivity index (χ3n) is 3.76. The number of carboxylic acid groups (broad SMARTS) is 1. The Labute approximate surface area is 137 Å². The number of rotatable bonds is 4. The van der Waals surface area contributed by atoms with E-state index in [1.165, 1.54) is 32.9 Å². The topological polar surface area (TPSA) is 37.3 Å². The molecule has 0 unspecified atom stereocenters. The van der Waals surface area contributed by atoms with Crippen LogP contribution in [0.1, 0.15) is 27.7 Å². The summed E-state index contributed by atoms with van der Waals surface area (Å²) in [6.45, 7) is 4.34. The molecule has 112 valence electrons. The highest BCUT2D eigenvalue weighted by Crippen LogP contribution is 2.39. The summed E-state index contributed by atoms with van der Waals surface area (Å²) in [5.41, 5.74) is 3.97. The van der Waals surface area contributed by atoms with Crippen LogP contribution in [-0.2, 0) is 6.42 Å². The Kier molecular flexibility index (Phi) is 4.14. The highest BCUT2D eigenvalue weighted by molar-refractivity contribution is 7.24. The summed E-state index contributed by atoms with van der Waals surface area (Å²) < 4.78 is 0. The summed E-state index contributed by atoms with van der Waals surface area (Å²) in [7, 11) is 0. The van der Waals surface area contributed by atoms with E-state index in [1.54, 1.807) is 17.4 Å². The monoisotopic (exact) mass is 328 g/mol.